The maximum Gasteiger partial charge on any atom is 0.0795 e. The minimum atomic E-state index is 0.543. The summed E-state index contributed by atoms with van der Waals surface area (Å²) in [4.78, 5) is 4.14. The molecule has 1 aromatic heterocycles. The van der Waals surface area contributed by atoms with E-state index in [9.17, 15) is 0 Å². The molecule has 0 saturated heterocycles. The van der Waals surface area contributed by atoms with Gasteiger partial charge in [-0.05, 0) is 0 Å². The van der Waals surface area contributed by atoms with Crippen LogP contribution in [0.2, 0.25) is 0 Å². The summed E-state index contributed by atoms with van der Waals surface area (Å²) in [7, 11) is 0. The van der Waals surface area contributed by atoms with Crippen LogP contribution in [0.4, 0.5) is 0 Å². The Hall–Kier alpha value is -0.410. The Labute approximate surface area is 65.3 Å². The average Bonchev–Trinajstić information content (AvgIpc) is 2.34. The zero-order chi connectivity index (χ0) is 7.40. The first-order chi connectivity index (χ1) is 4.79. The van der Waals surface area contributed by atoms with Gasteiger partial charge in [-0.15, -0.1) is 11.3 Å². The second-order valence-corrected chi connectivity index (χ2v) is 3.23. The van der Waals surface area contributed by atoms with Crippen molar-refractivity contribution in [2.45, 2.75) is 26.4 Å². The van der Waals surface area contributed by atoms with Gasteiger partial charge in [0.15, 0.2) is 0 Å². The van der Waals surface area contributed by atoms with Crippen molar-refractivity contribution >= 4 is 11.3 Å². The van der Waals surface area contributed by atoms with Crippen LogP contribution in [0.1, 0.15) is 19.5 Å². The molecule has 0 fully saturated rings. The zero-order valence-corrected chi connectivity index (χ0v) is 7.11. The number of rotatable bonds is 3. The minimum Gasteiger partial charge on any atom is -0.309 e. The van der Waals surface area contributed by atoms with Crippen molar-refractivity contribution in [1.29, 1.82) is 0 Å². The Balaban J connectivity index is 2.28. The summed E-state index contributed by atoms with van der Waals surface area (Å²) >= 11 is 1.64. The lowest BCUT2D eigenvalue weighted by molar-refractivity contribution is 0.583. The summed E-state index contributed by atoms with van der Waals surface area (Å²) in [5.41, 5.74) is 3.00. The van der Waals surface area contributed by atoms with E-state index in [1.807, 2.05) is 5.51 Å². The van der Waals surface area contributed by atoms with Crippen LogP contribution in [0.25, 0.3) is 0 Å². The number of nitrogens with zero attached hydrogens (tertiary/aromatic N) is 1. The zero-order valence-electron chi connectivity index (χ0n) is 6.29. The minimum absolute atomic E-state index is 0.543. The molecule has 0 aliphatic heterocycles. The first-order valence-electron chi connectivity index (χ1n) is 3.39. The van der Waals surface area contributed by atoms with Crippen LogP contribution >= 0.6 is 11.3 Å². The van der Waals surface area contributed by atoms with Gasteiger partial charge in [0.25, 0.3) is 0 Å². The lowest BCUT2D eigenvalue weighted by atomic mass is 10.4. The van der Waals surface area contributed by atoms with Crippen LogP contribution in [0.15, 0.2) is 10.9 Å². The number of nitrogens with one attached hydrogen (secondary N) is 1. The van der Waals surface area contributed by atoms with E-state index in [1.54, 1.807) is 11.3 Å². The maximum absolute atomic E-state index is 4.14. The molecule has 1 heterocycles. The van der Waals surface area contributed by atoms with Crippen molar-refractivity contribution in [3.63, 3.8) is 0 Å². The lowest BCUT2D eigenvalue weighted by Crippen LogP contribution is -2.21. The van der Waals surface area contributed by atoms with Crippen molar-refractivity contribution < 1.29 is 0 Å². The Morgan fingerprint density at radius 3 is 3.00 bits per heavy atom. The summed E-state index contributed by atoms with van der Waals surface area (Å²) in [6.07, 6.45) is 0. The van der Waals surface area contributed by atoms with E-state index in [1.165, 1.54) is 0 Å². The highest BCUT2D eigenvalue weighted by atomic mass is 32.1. The number of aromatic nitrogens is 1. The molecule has 0 bridgehead atoms. The van der Waals surface area contributed by atoms with Crippen molar-refractivity contribution in [2.24, 2.45) is 0 Å². The average molecular weight is 156 g/mol. The molecular weight excluding hydrogens is 144 g/mol. The molecule has 56 valence electrons. The third-order valence-corrected chi connectivity index (χ3v) is 1.81. The predicted octanol–water partition coefficient (Wildman–Crippen LogP) is 1.64. The molecule has 3 heteroatoms. The molecule has 1 aromatic rings. The number of hydrogen-bond donors (Lipinski definition) is 1. The van der Waals surface area contributed by atoms with E-state index in [0.717, 1.165) is 12.2 Å². The van der Waals surface area contributed by atoms with E-state index in [-0.39, 0.29) is 0 Å². The molecule has 0 aliphatic rings. The molecule has 0 aromatic carbocycles. The molecule has 0 radical (unpaired) electrons. The Bertz CT molecular complexity index is 170. The van der Waals surface area contributed by atoms with E-state index in [2.05, 4.69) is 29.5 Å². The summed E-state index contributed by atoms with van der Waals surface area (Å²) < 4.78 is 0. The van der Waals surface area contributed by atoms with E-state index < -0.39 is 0 Å². The van der Waals surface area contributed by atoms with Crippen LogP contribution in [0.5, 0.6) is 0 Å². The molecule has 10 heavy (non-hydrogen) atoms. The highest BCUT2D eigenvalue weighted by Crippen LogP contribution is 1.99. The number of thiazole rings is 1. The fourth-order valence-corrected chi connectivity index (χ4v) is 1.19. The summed E-state index contributed by atoms with van der Waals surface area (Å²) in [6.45, 7) is 5.15. The quantitative estimate of drug-likeness (QED) is 0.719. The third-order valence-electron chi connectivity index (χ3n) is 1.17. The smallest absolute Gasteiger partial charge is 0.0795 e. The lowest BCUT2D eigenvalue weighted by Gasteiger charge is -2.04. The maximum atomic E-state index is 4.14. The Kier molecular flexibility index (Phi) is 2.83. The van der Waals surface area contributed by atoms with Gasteiger partial charge in [0, 0.05) is 18.0 Å². The highest BCUT2D eigenvalue weighted by molar-refractivity contribution is 7.07. The van der Waals surface area contributed by atoms with Crippen LogP contribution in [-0.4, -0.2) is 11.0 Å². The molecule has 1 rings (SSSR count). The standard InChI is InChI=1S/C7H12N2S/c1-6(2)8-3-7-4-10-5-9-7/h4-6,8H,3H2,1-2H3. The summed E-state index contributed by atoms with van der Waals surface area (Å²) in [5, 5.41) is 5.36. The second-order valence-electron chi connectivity index (χ2n) is 2.52. The summed E-state index contributed by atoms with van der Waals surface area (Å²) in [5.74, 6) is 0. The van der Waals surface area contributed by atoms with Crippen molar-refractivity contribution in [3.05, 3.63) is 16.6 Å². The Morgan fingerprint density at radius 2 is 2.50 bits per heavy atom. The first-order valence-corrected chi connectivity index (χ1v) is 4.34. The van der Waals surface area contributed by atoms with E-state index in [0.29, 0.717) is 6.04 Å². The molecule has 0 spiro atoms. The number of hydrogen-bond acceptors (Lipinski definition) is 3. The van der Waals surface area contributed by atoms with Crippen molar-refractivity contribution in [1.82, 2.24) is 10.3 Å². The van der Waals surface area contributed by atoms with Crippen molar-refractivity contribution in [3.8, 4) is 0 Å². The molecule has 0 saturated carbocycles. The largest absolute Gasteiger partial charge is 0.309 e. The molecule has 1 N–H and O–H groups in total. The fraction of sp³-hybridized carbons (Fsp3) is 0.571. The van der Waals surface area contributed by atoms with Gasteiger partial charge >= 0.3 is 0 Å². The van der Waals surface area contributed by atoms with E-state index >= 15 is 0 Å². The third kappa shape index (κ3) is 2.45. The SMILES string of the molecule is CC(C)NCc1cscn1. The molecule has 0 aliphatic carbocycles. The predicted molar refractivity (Wildman–Crippen MR) is 44.1 cm³/mol. The van der Waals surface area contributed by atoms with Crippen LogP contribution in [0.3, 0.4) is 0 Å². The first kappa shape index (κ1) is 7.69. The molecule has 0 atom stereocenters. The van der Waals surface area contributed by atoms with Gasteiger partial charge in [0.1, 0.15) is 0 Å². The highest BCUT2D eigenvalue weighted by Gasteiger charge is 1.94. The molecule has 0 amide bonds. The molecule has 2 nitrogen and oxygen atoms in total. The van der Waals surface area contributed by atoms with Gasteiger partial charge in [-0.1, -0.05) is 13.8 Å². The van der Waals surface area contributed by atoms with Crippen LogP contribution < -0.4 is 5.32 Å². The molecular formula is C7H12N2S. The Morgan fingerprint density at radius 1 is 1.70 bits per heavy atom. The molecule has 0 unspecified atom stereocenters. The van der Waals surface area contributed by atoms with Gasteiger partial charge in [-0.3, -0.25) is 0 Å². The second kappa shape index (κ2) is 3.68. The summed E-state index contributed by atoms with van der Waals surface area (Å²) in [6, 6.07) is 0.543. The normalized spacial score (nSPS) is 10.7. The van der Waals surface area contributed by atoms with Gasteiger partial charge in [0.05, 0.1) is 11.2 Å². The van der Waals surface area contributed by atoms with Gasteiger partial charge in [-0.25, -0.2) is 4.98 Å². The van der Waals surface area contributed by atoms with Gasteiger partial charge in [0.2, 0.25) is 0 Å². The van der Waals surface area contributed by atoms with Gasteiger partial charge < -0.3 is 5.32 Å². The van der Waals surface area contributed by atoms with Gasteiger partial charge in [-0.2, -0.15) is 0 Å². The topological polar surface area (TPSA) is 24.9 Å². The monoisotopic (exact) mass is 156 g/mol. The van der Waals surface area contributed by atoms with Crippen LogP contribution in [-0.2, 0) is 6.54 Å². The van der Waals surface area contributed by atoms with Crippen LogP contribution in [0, 0.1) is 0 Å². The van der Waals surface area contributed by atoms with Crippen molar-refractivity contribution in [2.75, 3.05) is 0 Å². The van der Waals surface area contributed by atoms with E-state index in [4.69, 9.17) is 0 Å². The fourth-order valence-electron chi connectivity index (χ4n) is 0.634.